The Morgan fingerprint density at radius 1 is 1.05 bits per heavy atom. The topological polar surface area (TPSA) is 25.8 Å². The van der Waals surface area contributed by atoms with Gasteiger partial charge < -0.3 is 0 Å². The molecule has 0 N–H and O–H groups in total. The molecule has 0 saturated carbocycles. The maximum atomic E-state index is 13.7. The van der Waals surface area contributed by atoms with Gasteiger partial charge in [0.05, 0.1) is 5.52 Å². The van der Waals surface area contributed by atoms with Crippen molar-refractivity contribution in [3.8, 4) is 11.4 Å². The van der Waals surface area contributed by atoms with E-state index in [1.54, 1.807) is 13.0 Å². The van der Waals surface area contributed by atoms with Crippen LogP contribution >= 0.6 is 11.6 Å². The summed E-state index contributed by atoms with van der Waals surface area (Å²) >= 11 is 6.20. The van der Waals surface area contributed by atoms with Crippen LogP contribution in [0.5, 0.6) is 0 Å². The predicted molar refractivity (Wildman–Crippen MR) is 79.4 cm³/mol. The summed E-state index contributed by atoms with van der Waals surface area (Å²) in [5.41, 5.74) is 3.03. The molecule has 0 unspecified atom stereocenters. The summed E-state index contributed by atoms with van der Waals surface area (Å²) < 4.78 is 13.7. The number of aromatic nitrogens is 2. The number of hydrogen-bond donors (Lipinski definition) is 0. The van der Waals surface area contributed by atoms with E-state index in [4.69, 9.17) is 11.6 Å². The van der Waals surface area contributed by atoms with Crippen LogP contribution in [0.3, 0.4) is 0 Å². The molecule has 1 heterocycles. The van der Waals surface area contributed by atoms with E-state index < -0.39 is 0 Å². The van der Waals surface area contributed by atoms with Gasteiger partial charge in [-0.2, -0.15) is 0 Å². The Hall–Kier alpha value is -2.00. The van der Waals surface area contributed by atoms with Crippen LogP contribution in [0.1, 0.15) is 11.1 Å². The van der Waals surface area contributed by atoms with Crippen molar-refractivity contribution < 1.29 is 4.39 Å². The number of benzene rings is 2. The van der Waals surface area contributed by atoms with Gasteiger partial charge in [0.2, 0.25) is 0 Å². The number of hydrogen-bond acceptors (Lipinski definition) is 2. The standard InChI is InChI=1S/C16H12ClFN2/c1-9-4-3-5-11(6-9)16-19-14-8-13(18)10(2)7-12(14)15(17)20-16/h3-8H,1-2H3. The SMILES string of the molecule is Cc1cccc(-c2nc(Cl)c3cc(C)c(F)cc3n2)c1. The van der Waals surface area contributed by atoms with E-state index in [-0.39, 0.29) is 5.82 Å². The molecular formula is C16H12ClFN2. The summed E-state index contributed by atoms with van der Waals surface area (Å²) in [6, 6.07) is 10.9. The molecular weight excluding hydrogens is 275 g/mol. The first-order valence-corrected chi connectivity index (χ1v) is 6.63. The molecule has 4 heteroatoms. The van der Waals surface area contributed by atoms with Crippen LogP contribution in [0, 0.1) is 19.7 Å². The third-order valence-corrected chi connectivity index (χ3v) is 3.49. The Morgan fingerprint density at radius 3 is 2.60 bits per heavy atom. The van der Waals surface area contributed by atoms with Crippen LogP contribution < -0.4 is 0 Å². The van der Waals surface area contributed by atoms with Gasteiger partial charge in [-0.05, 0) is 31.5 Å². The number of rotatable bonds is 1. The van der Waals surface area contributed by atoms with E-state index in [1.807, 2.05) is 31.2 Å². The third-order valence-electron chi connectivity index (χ3n) is 3.21. The minimum Gasteiger partial charge on any atom is -0.228 e. The average molecular weight is 287 g/mol. The van der Waals surface area contributed by atoms with Gasteiger partial charge in [-0.1, -0.05) is 35.4 Å². The molecule has 0 radical (unpaired) electrons. The fourth-order valence-corrected chi connectivity index (χ4v) is 2.37. The van der Waals surface area contributed by atoms with E-state index in [0.29, 0.717) is 27.4 Å². The second-order valence-electron chi connectivity index (χ2n) is 4.83. The maximum absolute atomic E-state index is 13.7. The monoisotopic (exact) mass is 286 g/mol. The van der Waals surface area contributed by atoms with Gasteiger partial charge in [0.25, 0.3) is 0 Å². The molecule has 3 aromatic rings. The van der Waals surface area contributed by atoms with Gasteiger partial charge in [0.1, 0.15) is 11.0 Å². The summed E-state index contributed by atoms with van der Waals surface area (Å²) in [4.78, 5) is 8.73. The smallest absolute Gasteiger partial charge is 0.161 e. The van der Waals surface area contributed by atoms with Crippen molar-refractivity contribution in [1.82, 2.24) is 9.97 Å². The number of aryl methyl sites for hydroxylation is 2. The van der Waals surface area contributed by atoms with Crippen LogP contribution in [0.15, 0.2) is 36.4 Å². The first-order valence-electron chi connectivity index (χ1n) is 6.25. The minimum atomic E-state index is -0.289. The maximum Gasteiger partial charge on any atom is 0.161 e. The van der Waals surface area contributed by atoms with Gasteiger partial charge in [-0.3, -0.25) is 0 Å². The number of halogens is 2. The van der Waals surface area contributed by atoms with E-state index in [9.17, 15) is 4.39 Å². The second-order valence-corrected chi connectivity index (χ2v) is 5.18. The lowest BCUT2D eigenvalue weighted by Crippen LogP contribution is -1.94. The molecule has 0 aliphatic heterocycles. The van der Waals surface area contributed by atoms with Crippen molar-refractivity contribution in [3.05, 3.63) is 58.5 Å². The summed E-state index contributed by atoms with van der Waals surface area (Å²) in [7, 11) is 0. The highest BCUT2D eigenvalue weighted by molar-refractivity contribution is 6.34. The third kappa shape index (κ3) is 2.25. The van der Waals surface area contributed by atoms with Crippen molar-refractivity contribution in [1.29, 1.82) is 0 Å². The van der Waals surface area contributed by atoms with E-state index >= 15 is 0 Å². The van der Waals surface area contributed by atoms with E-state index in [0.717, 1.165) is 11.1 Å². The highest BCUT2D eigenvalue weighted by Crippen LogP contribution is 2.27. The zero-order valence-corrected chi connectivity index (χ0v) is 11.9. The van der Waals surface area contributed by atoms with Gasteiger partial charge in [-0.25, -0.2) is 14.4 Å². The molecule has 1 aromatic heterocycles. The van der Waals surface area contributed by atoms with Crippen molar-refractivity contribution in [3.63, 3.8) is 0 Å². The Bertz CT molecular complexity index is 815. The highest BCUT2D eigenvalue weighted by atomic mass is 35.5. The normalized spacial score (nSPS) is 11.0. The van der Waals surface area contributed by atoms with Gasteiger partial charge in [0.15, 0.2) is 5.82 Å². The summed E-state index contributed by atoms with van der Waals surface area (Å²) in [5.74, 6) is 0.219. The lowest BCUT2D eigenvalue weighted by Gasteiger charge is -2.07. The molecule has 0 amide bonds. The molecule has 0 aliphatic rings. The summed E-state index contributed by atoms with van der Waals surface area (Å²) in [5, 5.41) is 1.01. The molecule has 0 atom stereocenters. The predicted octanol–water partition coefficient (Wildman–Crippen LogP) is 4.71. The Balaban J connectivity index is 2.26. The molecule has 0 aliphatic carbocycles. The average Bonchev–Trinajstić information content (AvgIpc) is 2.41. The molecule has 0 spiro atoms. The van der Waals surface area contributed by atoms with Crippen molar-refractivity contribution >= 4 is 22.5 Å². The van der Waals surface area contributed by atoms with Gasteiger partial charge in [-0.15, -0.1) is 0 Å². The van der Waals surface area contributed by atoms with Crippen molar-refractivity contribution in [2.45, 2.75) is 13.8 Å². The Kier molecular flexibility index (Phi) is 3.14. The zero-order valence-electron chi connectivity index (χ0n) is 11.1. The molecule has 100 valence electrons. The lowest BCUT2D eigenvalue weighted by molar-refractivity contribution is 0.620. The second kappa shape index (κ2) is 4.84. The number of fused-ring (bicyclic) bond motifs is 1. The Morgan fingerprint density at radius 2 is 1.85 bits per heavy atom. The van der Waals surface area contributed by atoms with Crippen LogP contribution in [0.25, 0.3) is 22.3 Å². The highest BCUT2D eigenvalue weighted by Gasteiger charge is 2.10. The van der Waals surface area contributed by atoms with Crippen molar-refractivity contribution in [2.75, 3.05) is 0 Å². The van der Waals surface area contributed by atoms with Gasteiger partial charge in [0, 0.05) is 17.0 Å². The van der Waals surface area contributed by atoms with Crippen LogP contribution in [0.4, 0.5) is 4.39 Å². The largest absolute Gasteiger partial charge is 0.228 e. The zero-order chi connectivity index (χ0) is 14.3. The molecule has 0 saturated heterocycles. The Labute approximate surface area is 121 Å². The van der Waals surface area contributed by atoms with E-state index in [2.05, 4.69) is 9.97 Å². The van der Waals surface area contributed by atoms with Crippen molar-refractivity contribution in [2.24, 2.45) is 0 Å². The molecule has 0 bridgehead atoms. The fraction of sp³-hybridized carbons (Fsp3) is 0.125. The van der Waals surface area contributed by atoms with E-state index in [1.165, 1.54) is 6.07 Å². The molecule has 3 rings (SSSR count). The molecule has 2 aromatic carbocycles. The first kappa shape index (κ1) is 13.0. The molecule has 20 heavy (non-hydrogen) atoms. The quantitative estimate of drug-likeness (QED) is 0.606. The van der Waals surface area contributed by atoms with Crippen LogP contribution in [-0.2, 0) is 0 Å². The number of nitrogens with zero attached hydrogens (tertiary/aromatic N) is 2. The van der Waals surface area contributed by atoms with Crippen LogP contribution in [0.2, 0.25) is 5.15 Å². The summed E-state index contributed by atoms with van der Waals surface area (Å²) in [6.45, 7) is 3.69. The molecule has 0 fully saturated rings. The summed E-state index contributed by atoms with van der Waals surface area (Å²) in [6.07, 6.45) is 0. The van der Waals surface area contributed by atoms with Crippen LogP contribution in [-0.4, -0.2) is 9.97 Å². The lowest BCUT2D eigenvalue weighted by atomic mass is 10.1. The first-order chi connectivity index (χ1) is 9.54. The molecule has 2 nitrogen and oxygen atoms in total. The fourth-order valence-electron chi connectivity index (χ4n) is 2.13. The van der Waals surface area contributed by atoms with Gasteiger partial charge >= 0.3 is 0 Å². The minimum absolute atomic E-state index is 0.289.